The van der Waals surface area contributed by atoms with E-state index in [-0.39, 0.29) is 0 Å². The van der Waals surface area contributed by atoms with Gasteiger partial charge in [0.2, 0.25) is 10.0 Å². The lowest BCUT2D eigenvalue weighted by molar-refractivity contribution is -0.151. The summed E-state index contributed by atoms with van der Waals surface area (Å²) in [7, 11) is -0.635. The van der Waals surface area contributed by atoms with Gasteiger partial charge in [0.15, 0.2) is 0 Å². The van der Waals surface area contributed by atoms with E-state index in [1.807, 2.05) is 0 Å². The number of nitrogens with zero attached hydrogens (tertiary/aromatic N) is 1. The molecule has 1 aliphatic carbocycles. The minimum Gasteiger partial charge on any atom is -0.468 e. The molecule has 6 heteroatoms. The highest BCUT2D eigenvalue weighted by Gasteiger charge is 2.49. The minimum atomic E-state index is -3.37. The number of likely N-dealkylation sites (N-methyl/N-ethyl adjacent to an activating group) is 1. The molecule has 0 saturated heterocycles. The van der Waals surface area contributed by atoms with Crippen molar-refractivity contribution < 1.29 is 17.9 Å². The zero-order chi connectivity index (χ0) is 11.7. The molecule has 0 radical (unpaired) electrons. The third-order valence-corrected chi connectivity index (χ3v) is 4.44. The Bertz CT molecular complexity index is 343. The number of sulfonamides is 1. The van der Waals surface area contributed by atoms with Gasteiger partial charge in [-0.1, -0.05) is 12.8 Å². The molecular weight excluding hydrogens is 218 g/mol. The van der Waals surface area contributed by atoms with Gasteiger partial charge < -0.3 is 4.74 Å². The van der Waals surface area contributed by atoms with Crippen molar-refractivity contribution in [2.45, 2.75) is 31.2 Å². The molecule has 0 aromatic rings. The highest BCUT2D eigenvalue weighted by molar-refractivity contribution is 7.88. The Hall–Kier alpha value is -0.620. The van der Waals surface area contributed by atoms with Gasteiger partial charge in [0.05, 0.1) is 13.4 Å². The lowest BCUT2D eigenvalue weighted by atomic mass is 9.98. The number of hydrogen-bond acceptors (Lipinski definition) is 4. The van der Waals surface area contributed by atoms with E-state index in [1.54, 1.807) is 0 Å². The van der Waals surface area contributed by atoms with Gasteiger partial charge in [-0.3, -0.25) is 4.79 Å². The first-order valence-corrected chi connectivity index (χ1v) is 6.72. The van der Waals surface area contributed by atoms with Gasteiger partial charge in [0.1, 0.15) is 5.54 Å². The van der Waals surface area contributed by atoms with Crippen LogP contribution in [-0.2, 0) is 19.6 Å². The SMILES string of the molecule is COC(=O)C1(N(C)S(C)(=O)=O)CCCC1. The Labute approximate surface area is 90.4 Å². The highest BCUT2D eigenvalue weighted by atomic mass is 32.2. The second-order valence-corrected chi connectivity index (χ2v) is 5.97. The zero-order valence-electron chi connectivity index (χ0n) is 9.32. The molecule has 0 bridgehead atoms. The summed E-state index contributed by atoms with van der Waals surface area (Å²) in [5, 5.41) is 0. The van der Waals surface area contributed by atoms with Crippen molar-refractivity contribution in [3.63, 3.8) is 0 Å². The molecule has 0 aromatic heterocycles. The number of carbonyl (C=O) groups is 1. The van der Waals surface area contributed by atoms with E-state index < -0.39 is 21.5 Å². The molecule has 0 aliphatic heterocycles. The summed E-state index contributed by atoms with van der Waals surface area (Å²) < 4.78 is 28.8. The average molecular weight is 235 g/mol. The molecule has 88 valence electrons. The van der Waals surface area contributed by atoms with E-state index in [0.29, 0.717) is 12.8 Å². The molecule has 0 aromatic carbocycles. The smallest absolute Gasteiger partial charge is 0.327 e. The van der Waals surface area contributed by atoms with Gasteiger partial charge in [-0.15, -0.1) is 0 Å². The molecule has 1 aliphatic rings. The van der Waals surface area contributed by atoms with Crippen LogP contribution in [0.4, 0.5) is 0 Å². The first-order valence-electron chi connectivity index (χ1n) is 4.87. The monoisotopic (exact) mass is 235 g/mol. The van der Waals surface area contributed by atoms with E-state index in [2.05, 4.69) is 0 Å². The molecule has 0 unspecified atom stereocenters. The summed E-state index contributed by atoms with van der Waals surface area (Å²) in [6.45, 7) is 0. The van der Waals surface area contributed by atoms with Gasteiger partial charge in [-0.25, -0.2) is 8.42 Å². The molecule has 5 nitrogen and oxygen atoms in total. The van der Waals surface area contributed by atoms with Crippen LogP contribution >= 0.6 is 0 Å². The van der Waals surface area contributed by atoms with Crippen molar-refractivity contribution in [1.82, 2.24) is 4.31 Å². The lowest BCUT2D eigenvalue weighted by Gasteiger charge is -2.33. The zero-order valence-corrected chi connectivity index (χ0v) is 10.1. The van der Waals surface area contributed by atoms with Gasteiger partial charge in [-0.2, -0.15) is 4.31 Å². The summed E-state index contributed by atoms with van der Waals surface area (Å²) in [5.41, 5.74) is -0.970. The van der Waals surface area contributed by atoms with E-state index in [0.717, 1.165) is 23.4 Å². The van der Waals surface area contributed by atoms with Crippen molar-refractivity contribution in [1.29, 1.82) is 0 Å². The van der Waals surface area contributed by atoms with Crippen LogP contribution in [0.25, 0.3) is 0 Å². The molecule has 0 atom stereocenters. The predicted octanol–water partition coefficient (Wildman–Crippen LogP) is 0.364. The largest absolute Gasteiger partial charge is 0.468 e. The Kier molecular flexibility index (Phi) is 3.40. The molecule has 0 N–H and O–H groups in total. The molecule has 15 heavy (non-hydrogen) atoms. The molecule has 1 rings (SSSR count). The van der Waals surface area contributed by atoms with Crippen LogP contribution in [0.3, 0.4) is 0 Å². The van der Waals surface area contributed by atoms with Crippen molar-refractivity contribution >= 4 is 16.0 Å². The second-order valence-electron chi connectivity index (χ2n) is 3.96. The Morgan fingerprint density at radius 2 is 1.80 bits per heavy atom. The van der Waals surface area contributed by atoms with Crippen molar-refractivity contribution in [3.05, 3.63) is 0 Å². The summed E-state index contributed by atoms with van der Waals surface area (Å²) in [6.07, 6.45) is 3.91. The van der Waals surface area contributed by atoms with Crippen LogP contribution in [0.1, 0.15) is 25.7 Å². The van der Waals surface area contributed by atoms with Gasteiger partial charge in [0.25, 0.3) is 0 Å². The number of methoxy groups -OCH3 is 1. The quantitative estimate of drug-likeness (QED) is 0.663. The van der Waals surface area contributed by atoms with Crippen molar-refractivity contribution in [2.24, 2.45) is 0 Å². The first kappa shape index (κ1) is 12.4. The van der Waals surface area contributed by atoms with Crippen LogP contribution in [0.15, 0.2) is 0 Å². The number of hydrogen-bond donors (Lipinski definition) is 0. The summed E-state index contributed by atoms with van der Waals surface area (Å²) in [4.78, 5) is 11.7. The molecule has 1 fully saturated rings. The highest BCUT2D eigenvalue weighted by Crippen LogP contribution is 2.36. The van der Waals surface area contributed by atoms with Crippen molar-refractivity contribution in [2.75, 3.05) is 20.4 Å². The lowest BCUT2D eigenvalue weighted by Crippen LogP contribution is -2.53. The standard InChI is InChI=1S/C9H17NO4S/c1-10(15(3,12)13)9(8(11)14-2)6-4-5-7-9/h4-7H2,1-3H3. The average Bonchev–Trinajstić information content (AvgIpc) is 2.63. The maximum atomic E-state index is 11.7. The second kappa shape index (κ2) is 4.09. The summed E-state index contributed by atoms with van der Waals surface area (Å²) in [6, 6.07) is 0. The fraction of sp³-hybridized carbons (Fsp3) is 0.889. The maximum Gasteiger partial charge on any atom is 0.327 e. The van der Waals surface area contributed by atoms with Crippen LogP contribution in [-0.4, -0.2) is 44.6 Å². The van der Waals surface area contributed by atoms with Crippen LogP contribution in [0, 0.1) is 0 Å². The van der Waals surface area contributed by atoms with Gasteiger partial charge in [-0.05, 0) is 12.8 Å². The van der Waals surface area contributed by atoms with E-state index in [9.17, 15) is 13.2 Å². The van der Waals surface area contributed by atoms with Crippen LogP contribution < -0.4 is 0 Å². The third kappa shape index (κ3) is 2.15. The number of esters is 1. The van der Waals surface area contributed by atoms with Gasteiger partial charge in [0, 0.05) is 7.05 Å². The van der Waals surface area contributed by atoms with Gasteiger partial charge >= 0.3 is 5.97 Å². The fourth-order valence-corrected chi connectivity index (χ4v) is 3.01. The molecule has 0 spiro atoms. The molecule has 0 amide bonds. The maximum absolute atomic E-state index is 11.7. The van der Waals surface area contributed by atoms with E-state index in [4.69, 9.17) is 4.74 Å². The number of carbonyl (C=O) groups excluding carboxylic acids is 1. The Morgan fingerprint density at radius 3 is 2.13 bits per heavy atom. The molecular formula is C9H17NO4S. The number of rotatable bonds is 3. The van der Waals surface area contributed by atoms with Crippen LogP contribution in [0.5, 0.6) is 0 Å². The Morgan fingerprint density at radius 1 is 1.33 bits per heavy atom. The van der Waals surface area contributed by atoms with Crippen molar-refractivity contribution in [3.8, 4) is 0 Å². The van der Waals surface area contributed by atoms with E-state index in [1.165, 1.54) is 14.2 Å². The summed E-state index contributed by atoms with van der Waals surface area (Å²) in [5.74, 6) is -0.451. The third-order valence-electron chi connectivity index (χ3n) is 3.10. The summed E-state index contributed by atoms with van der Waals surface area (Å²) >= 11 is 0. The topological polar surface area (TPSA) is 63.7 Å². The van der Waals surface area contributed by atoms with E-state index >= 15 is 0 Å². The number of ether oxygens (including phenoxy) is 1. The normalized spacial score (nSPS) is 20.5. The minimum absolute atomic E-state index is 0.451. The predicted molar refractivity (Wildman–Crippen MR) is 55.8 cm³/mol. The molecule has 1 saturated carbocycles. The first-order chi connectivity index (χ1) is 6.84. The Balaban J connectivity index is 3.07. The molecule has 0 heterocycles. The van der Waals surface area contributed by atoms with Crippen LogP contribution in [0.2, 0.25) is 0 Å². The fourth-order valence-electron chi connectivity index (χ4n) is 2.11.